The van der Waals surface area contributed by atoms with E-state index in [0.717, 1.165) is 23.3 Å². The Kier molecular flexibility index (Phi) is 4.98. The van der Waals surface area contributed by atoms with Crippen molar-refractivity contribution in [1.29, 1.82) is 0 Å². The summed E-state index contributed by atoms with van der Waals surface area (Å²) in [6, 6.07) is 9.40. The van der Waals surface area contributed by atoms with Crippen molar-refractivity contribution in [2.24, 2.45) is 0 Å². The smallest absolute Gasteiger partial charge is 0.271 e. The number of nitrogens with zero attached hydrogens (tertiary/aromatic N) is 3. The van der Waals surface area contributed by atoms with Gasteiger partial charge in [-0.25, -0.2) is 22.6 Å². The fraction of sp³-hybridized carbons (Fsp3) is 0.368. The van der Waals surface area contributed by atoms with E-state index < -0.39 is 10.0 Å². The molecule has 0 bridgehead atoms. The van der Waals surface area contributed by atoms with Crippen LogP contribution in [0.3, 0.4) is 0 Å². The zero-order valence-electron chi connectivity index (χ0n) is 15.8. The van der Waals surface area contributed by atoms with Crippen LogP contribution < -0.4 is 10.4 Å². The molecule has 148 valence electrons. The average Bonchev–Trinajstić information content (AvgIpc) is 3.22. The van der Waals surface area contributed by atoms with E-state index in [9.17, 15) is 13.2 Å². The molecule has 0 aliphatic heterocycles. The SMILES string of the molecule is Cc1ccc(C)c(S(=O)(=O)NCCn2nc(-c3cccs3)n(C3CC3)c2=O)c1. The lowest BCUT2D eigenvalue weighted by molar-refractivity contribution is 0.546. The van der Waals surface area contributed by atoms with Crippen LogP contribution in [-0.4, -0.2) is 29.3 Å². The highest BCUT2D eigenvalue weighted by Crippen LogP contribution is 2.37. The van der Waals surface area contributed by atoms with Crippen LogP contribution in [0.15, 0.2) is 45.4 Å². The molecule has 1 aliphatic rings. The monoisotopic (exact) mass is 418 g/mol. The van der Waals surface area contributed by atoms with Gasteiger partial charge in [0.25, 0.3) is 0 Å². The summed E-state index contributed by atoms with van der Waals surface area (Å²) in [4.78, 5) is 14.0. The molecule has 1 fully saturated rings. The second-order valence-electron chi connectivity index (χ2n) is 7.07. The van der Waals surface area contributed by atoms with Crippen molar-refractivity contribution in [3.05, 3.63) is 57.3 Å². The van der Waals surface area contributed by atoms with Gasteiger partial charge in [-0.15, -0.1) is 16.4 Å². The maximum atomic E-state index is 12.8. The van der Waals surface area contributed by atoms with Gasteiger partial charge in [0.15, 0.2) is 5.82 Å². The fourth-order valence-corrected chi connectivity index (χ4v) is 5.22. The molecule has 0 amide bonds. The van der Waals surface area contributed by atoms with Gasteiger partial charge in [-0.05, 0) is 55.3 Å². The molecule has 3 aromatic rings. The van der Waals surface area contributed by atoms with Crippen molar-refractivity contribution < 1.29 is 8.42 Å². The molecule has 1 N–H and O–H groups in total. The first-order valence-electron chi connectivity index (χ1n) is 9.17. The number of thiophene rings is 1. The quantitative estimate of drug-likeness (QED) is 0.639. The number of aromatic nitrogens is 3. The number of sulfonamides is 1. The summed E-state index contributed by atoms with van der Waals surface area (Å²) in [6.45, 7) is 3.90. The molecule has 2 heterocycles. The maximum Gasteiger partial charge on any atom is 0.346 e. The van der Waals surface area contributed by atoms with Crippen LogP contribution in [0.1, 0.15) is 30.0 Å². The van der Waals surface area contributed by atoms with E-state index in [1.807, 2.05) is 30.5 Å². The Morgan fingerprint density at radius 1 is 1.25 bits per heavy atom. The standard InChI is InChI=1S/C19H22N4O3S2/c1-13-5-6-14(2)17(12-13)28(25,26)20-9-10-22-19(24)23(15-7-8-15)18(21-22)16-4-3-11-27-16/h3-6,11-12,15,20H,7-10H2,1-2H3. The molecule has 0 atom stereocenters. The van der Waals surface area contributed by atoms with Crippen LogP contribution in [0.2, 0.25) is 0 Å². The summed E-state index contributed by atoms with van der Waals surface area (Å²) in [5.74, 6) is 0.667. The third kappa shape index (κ3) is 3.69. The lowest BCUT2D eigenvalue weighted by atomic mass is 10.2. The Hall–Kier alpha value is -2.23. The largest absolute Gasteiger partial charge is 0.346 e. The number of hydrogen-bond donors (Lipinski definition) is 1. The lowest BCUT2D eigenvalue weighted by Gasteiger charge is -2.10. The second kappa shape index (κ2) is 7.31. The predicted octanol–water partition coefficient (Wildman–Crippen LogP) is 2.70. The summed E-state index contributed by atoms with van der Waals surface area (Å²) >= 11 is 1.54. The third-order valence-corrected chi connectivity index (χ3v) is 7.24. The summed E-state index contributed by atoms with van der Waals surface area (Å²) in [7, 11) is -3.64. The summed E-state index contributed by atoms with van der Waals surface area (Å²) in [5, 5.41) is 6.43. The molecular formula is C19H22N4O3S2. The molecule has 7 nitrogen and oxygen atoms in total. The van der Waals surface area contributed by atoms with Crippen LogP contribution in [-0.2, 0) is 16.6 Å². The van der Waals surface area contributed by atoms with Gasteiger partial charge in [0.2, 0.25) is 10.0 Å². The minimum atomic E-state index is -3.64. The van der Waals surface area contributed by atoms with Crippen molar-refractivity contribution >= 4 is 21.4 Å². The summed E-state index contributed by atoms with van der Waals surface area (Å²) in [5.41, 5.74) is 1.39. The molecule has 0 radical (unpaired) electrons. The Morgan fingerprint density at radius 2 is 2.04 bits per heavy atom. The van der Waals surface area contributed by atoms with Gasteiger partial charge in [-0.3, -0.25) is 4.57 Å². The van der Waals surface area contributed by atoms with Crippen molar-refractivity contribution in [2.75, 3.05) is 6.54 Å². The van der Waals surface area contributed by atoms with Crippen molar-refractivity contribution in [3.8, 4) is 10.7 Å². The van der Waals surface area contributed by atoms with Gasteiger partial charge in [-0.1, -0.05) is 18.2 Å². The highest BCUT2D eigenvalue weighted by Gasteiger charge is 2.30. The number of aryl methyl sites for hydroxylation is 2. The Morgan fingerprint density at radius 3 is 2.71 bits per heavy atom. The van der Waals surface area contributed by atoms with Crippen LogP contribution in [0.25, 0.3) is 10.7 Å². The molecular weight excluding hydrogens is 396 g/mol. The van der Waals surface area contributed by atoms with E-state index in [4.69, 9.17) is 0 Å². The Labute approximate surface area is 167 Å². The van der Waals surface area contributed by atoms with E-state index in [-0.39, 0.29) is 29.7 Å². The average molecular weight is 419 g/mol. The van der Waals surface area contributed by atoms with Crippen LogP contribution in [0.5, 0.6) is 0 Å². The first kappa shape index (κ1) is 19.1. The van der Waals surface area contributed by atoms with Crippen LogP contribution in [0.4, 0.5) is 0 Å². The summed E-state index contributed by atoms with van der Waals surface area (Å²) in [6.07, 6.45) is 1.95. The zero-order chi connectivity index (χ0) is 19.9. The summed E-state index contributed by atoms with van der Waals surface area (Å²) < 4.78 is 31.0. The molecule has 1 saturated carbocycles. The number of rotatable bonds is 7. The van der Waals surface area contributed by atoms with Gasteiger partial charge in [0.1, 0.15) is 0 Å². The molecule has 4 rings (SSSR count). The molecule has 2 aromatic heterocycles. The molecule has 0 spiro atoms. The van der Waals surface area contributed by atoms with Gasteiger partial charge < -0.3 is 0 Å². The van der Waals surface area contributed by atoms with Gasteiger partial charge >= 0.3 is 5.69 Å². The van der Waals surface area contributed by atoms with E-state index in [1.165, 1.54) is 16.0 Å². The number of hydrogen-bond acceptors (Lipinski definition) is 5. The van der Waals surface area contributed by atoms with E-state index >= 15 is 0 Å². The minimum absolute atomic E-state index is 0.0984. The molecule has 0 saturated heterocycles. The first-order valence-corrected chi connectivity index (χ1v) is 11.5. The van der Waals surface area contributed by atoms with Crippen molar-refractivity contribution in [2.45, 2.75) is 44.2 Å². The second-order valence-corrected chi connectivity index (χ2v) is 9.76. The van der Waals surface area contributed by atoms with Crippen LogP contribution in [0, 0.1) is 13.8 Å². The van der Waals surface area contributed by atoms with Crippen molar-refractivity contribution in [3.63, 3.8) is 0 Å². The highest BCUT2D eigenvalue weighted by molar-refractivity contribution is 7.89. The maximum absolute atomic E-state index is 12.8. The fourth-order valence-electron chi connectivity index (χ4n) is 3.16. The van der Waals surface area contributed by atoms with Crippen molar-refractivity contribution in [1.82, 2.24) is 19.1 Å². The zero-order valence-corrected chi connectivity index (χ0v) is 17.4. The number of benzene rings is 1. The lowest BCUT2D eigenvalue weighted by Crippen LogP contribution is -2.32. The normalized spacial score (nSPS) is 14.5. The Bertz CT molecular complexity index is 1160. The molecule has 1 aromatic carbocycles. The van der Waals surface area contributed by atoms with Crippen LogP contribution >= 0.6 is 11.3 Å². The number of nitrogens with one attached hydrogen (secondary N) is 1. The van der Waals surface area contributed by atoms with Gasteiger partial charge in [-0.2, -0.15) is 0 Å². The molecule has 28 heavy (non-hydrogen) atoms. The molecule has 9 heteroatoms. The third-order valence-electron chi connectivity index (χ3n) is 4.77. The van der Waals surface area contributed by atoms with Gasteiger partial charge in [0, 0.05) is 12.6 Å². The van der Waals surface area contributed by atoms with E-state index in [2.05, 4.69) is 9.82 Å². The minimum Gasteiger partial charge on any atom is -0.271 e. The molecule has 0 unspecified atom stereocenters. The van der Waals surface area contributed by atoms with E-state index in [1.54, 1.807) is 23.6 Å². The van der Waals surface area contributed by atoms with E-state index in [0.29, 0.717) is 11.4 Å². The Balaban J connectivity index is 1.54. The predicted molar refractivity (Wildman–Crippen MR) is 109 cm³/mol. The first-order chi connectivity index (χ1) is 13.4. The highest BCUT2D eigenvalue weighted by atomic mass is 32.2. The molecule has 1 aliphatic carbocycles. The topological polar surface area (TPSA) is 86.0 Å². The van der Waals surface area contributed by atoms with Gasteiger partial charge in [0.05, 0.1) is 16.3 Å².